The average molecular weight is 506 g/mol. The van der Waals surface area contributed by atoms with Crippen LogP contribution in [0.5, 0.6) is 0 Å². The van der Waals surface area contributed by atoms with Crippen LogP contribution in [0.3, 0.4) is 0 Å². The number of nitrogens with zero attached hydrogens (tertiary/aromatic N) is 6. The van der Waals surface area contributed by atoms with Gasteiger partial charge in [-0.1, -0.05) is 0 Å². The van der Waals surface area contributed by atoms with Gasteiger partial charge in [-0.15, -0.1) is 14.5 Å². The van der Waals surface area contributed by atoms with Crippen LogP contribution < -0.4 is 10.8 Å². The third-order valence-corrected chi connectivity index (χ3v) is 5.00. The van der Waals surface area contributed by atoms with Crippen molar-refractivity contribution in [3.05, 3.63) is 5.82 Å². The topological polar surface area (TPSA) is 207 Å². The number of carbonyl (C=O) groups is 3. The number of nitrogens with one attached hydrogen (secondary N) is 2. The van der Waals surface area contributed by atoms with Gasteiger partial charge in [0.1, 0.15) is 11.6 Å². The number of urea groups is 1. The molecule has 3 rings (SSSR count). The second kappa shape index (κ2) is 10.0. The van der Waals surface area contributed by atoms with Gasteiger partial charge in [0.25, 0.3) is 5.91 Å². The molecule has 0 aromatic carbocycles. The van der Waals surface area contributed by atoms with Gasteiger partial charge in [0, 0.05) is 6.54 Å². The van der Waals surface area contributed by atoms with Crippen LogP contribution >= 0.6 is 0 Å². The van der Waals surface area contributed by atoms with E-state index >= 15 is 0 Å². The zero-order chi connectivity index (χ0) is 25.1. The molecule has 18 heteroatoms. The van der Waals surface area contributed by atoms with Crippen LogP contribution in [0.1, 0.15) is 39.4 Å². The summed E-state index contributed by atoms with van der Waals surface area (Å²) in [4.78, 5) is 43.9. The summed E-state index contributed by atoms with van der Waals surface area (Å²) < 4.78 is 40.1. The fourth-order valence-corrected chi connectivity index (χ4v) is 3.72. The molecule has 4 amide bonds. The molecule has 2 aliphatic rings. The standard InChI is InChI=1S/C16H26N8O9S/c1-16(2,3)32-14(26)17-8-12-18-21-23(19-12)6-7-31-20-13(25)11-5-4-10-9-22(11)15(27)24(10)33-34(28,29)30/h10-11H,4-9H2,1-3H3,(H,17,26)(H,20,25)(H,28,29,30). The summed E-state index contributed by atoms with van der Waals surface area (Å²) in [5, 5.41) is 14.7. The first-order valence-electron chi connectivity index (χ1n) is 10.2. The van der Waals surface area contributed by atoms with Crippen molar-refractivity contribution >= 4 is 28.4 Å². The van der Waals surface area contributed by atoms with E-state index < -0.39 is 46.1 Å². The van der Waals surface area contributed by atoms with Gasteiger partial charge in [-0.05, 0) is 38.8 Å². The van der Waals surface area contributed by atoms with Crippen molar-refractivity contribution in [1.29, 1.82) is 0 Å². The van der Waals surface area contributed by atoms with E-state index in [9.17, 15) is 22.8 Å². The molecule has 2 fully saturated rings. The molecule has 34 heavy (non-hydrogen) atoms. The summed E-state index contributed by atoms with van der Waals surface area (Å²) in [7, 11) is -4.87. The fourth-order valence-electron chi connectivity index (χ4n) is 3.33. The van der Waals surface area contributed by atoms with E-state index in [-0.39, 0.29) is 38.5 Å². The minimum atomic E-state index is -4.87. The van der Waals surface area contributed by atoms with Crippen LogP contribution in [0.4, 0.5) is 9.59 Å². The van der Waals surface area contributed by atoms with E-state index in [4.69, 9.17) is 14.1 Å². The predicted molar refractivity (Wildman–Crippen MR) is 108 cm³/mol. The lowest BCUT2D eigenvalue weighted by Crippen LogP contribution is -2.49. The Morgan fingerprint density at radius 2 is 2.00 bits per heavy atom. The third-order valence-electron chi connectivity index (χ3n) is 4.65. The minimum absolute atomic E-state index is 0.0113. The average Bonchev–Trinajstić information content (AvgIpc) is 3.26. The number of tetrazole rings is 1. The number of alkyl carbamates (subject to hydrolysis) is 1. The van der Waals surface area contributed by atoms with Gasteiger partial charge in [-0.25, -0.2) is 15.1 Å². The van der Waals surface area contributed by atoms with Crippen molar-refractivity contribution in [2.24, 2.45) is 0 Å². The first-order chi connectivity index (χ1) is 15.8. The van der Waals surface area contributed by atoms with Gasteiger partial charge in [0.2, 0.25) is 0 Å². The molecule has 190 valence electrons. The first kappa shape index (κ1) is 25.5. The van der Waals surface area contributed by atoms with Crippen LogP contribution in [-0.4, -0.2) is 92.0 Å². The Morgan fingerprint density at radius 3 is 2.68 bits per heavy atom. The number of carbonyl (C=O) groups excluding carboxylic acids is 3. The smallest absolute Gasteiger partial charge is 0.418 e. The Labute approximate surface area is 194 Å². The monoisotopic (exact) mass is 506 g/mol. The molecule has 0 saturated carbocycles. The largest absolute Gasteiger partial charge is 0.444 e. The van der Waals surface area contributed by atoms with Gasteiger partial charge >= 0.3 is 22.5 Å². The van der Waals surface area contributed by atoms with Gasteiger partial charge < -0.3 is 15.0 Å². The van der Waals surface area contributed by atoms with Crippen LogP contribution in [0.2, 0.25) is 0 Å². The van der Waals surface area contributed by atoms with Crippen molar-refractivity contribution in [1.82, 2.24) is 41.0 Å². The van der Waals surface area contributed by atoms with E-state index in [2.05, 4.69) is 30.5 Å². The number of rotatable bonds is 9. The van der Waals surface area contributed by atoms with E-state index in [1.165, 1.54) is 4.80 Å². The highest BCUT2D eigenvalue weighted by molar-refractivity contribution is 7.80. The van der Waals surface area contributed by atoms with E-state index in [0.29, 0.717) is 11.5 Å². The molecule has 2 unspecified atom stereocenters. The molecular weight excluding hydrogens is 480 g/mol. The van der Waals surface area contributed by atoms with E-state index in [1.807, 2.05) is 0 Å². The molecule has 2 saturated heterocycles. The molecule has 2 atom stereocenters. The summed E-state index contributed by atoms with van der Waals surface area (Å²) in [6.45, 7) is 5.39. The lowest BCUT2D eigenvalue weighted by atomic mass is 10.0. The van der Waals surface area contributed by atoms with Gasteiger partial charge in [-0.2, -0.15) is 18.3 Å². The molecule has 3 N–H and O–H groups in total. The number of hydrogen-bond acceptors (Lipinski definition) is 11. The summed E-state index contributed by atoms with van der Waals surface area (Å²) in [5.41, 5.74) is 1.60. The highest BCUT2D eigenvalue weighted by atomic mass is 32.3. The Balaban J connectivity index is 1.39. The lowest BCUT2D eigenvalue weighted by molar-refractivity contribution is -0.139. The number of aromatic nitrogens is 4. The highest BCUT2D eigenvalue weighted by Gasteiger charge is 2.49. The van der Waals surface area contributed by atoms with Gasteiger partial charge in [0.05, 0.1) is 25.7 Å². The Morgan fingerprint density at radius 1 is 1.26 bits per heavy atom. The zero-order valence-corrected chi connectivity index (χ0v) is 19.5. The van der Waals surface area contributed by atoms with E-state index in [0.717, 1.165) is 4.90 Å². The second-order valence-electron chi connectivity index (χ2n) is 8.48. The van der Waals surface area contributed by atoms with Crippen molar-refractivity contribution in [3.8, 4) is 0 Å². The Kier molecular flexibility index (Phi) is 7.54. The van der Waals surface area contributed by atoms with Crippen molar-refractivity contribution in [2.75, 3.05) is 13.2 Å². The number of ether oxygens (including phenoxy) is 1. The zero-order valence-electron chi connectivity index (χ0n) is 18.7. The van der Waals surface area contributed by atoms with Crippen LogP contribution in [-0.2, 0) is 42.1 Å². The lowest BCUT2D eigenvalue weighted by Gasteiger charge is -2.28. The molecule has 0 aliphatic carbocycles. The molecule has 0 spiro atoms. The number of fused-ring (bicyclic) bond motifs is 2. The predicted octanol–water partition coefficient (Wildman–Crippen LogP) is -1.25. The normalized spacial score (nSPS) is 20.4. The van der Waals surface area contributed by atoms with Crippen LogP contribution in [0.25, 0.3) is 0 Å². The molecule has 2 aliphatic heterocycles. The minimum Gasteiger partial charge on any atom is -0.444 e. The second-order valence-corrected chi connectivity index (χ2v) is 9.49. The summed E-state index contributed by atoms with van der Waals surface area (Å²) in [5.74, 6) is -0.356. The molecule has 17 nitrogen and oxygen atoms in total. The van der Waals surface area contributed by atoms with Gasteiger partial charge in [0.15, 0.2) is 5.82 Å². The SMILES string of the molecule is CC(C)(C)OC(=O)NCc1nnn(CCONC(=O)C2CCC3CN2C(=O)N3OS(=O)(=O)O)n1. The maximum Gasteiger partial charge on any atom is 0.418 e. The molecule has 1 aromatic heterocycles. The molecule has 3 heterocycles. The van der Waals surface area contributed by atoms with Gasteiger partial charge in [-0.3, -0.25) is 14.2 Å². The summed E-state index contributed by atoms with van der Waals surface area (Å²) in [6, 6.07) is -2.34. The Bertz CT molecular complexity index is 1020. The first-order valence-corrected chi connectivity index (χ1v) is 11.6. The molecule has 1 aromatic rings. The van der Waals surface area contributed by atoms with Crippen LogP contribution in [0, 0.1) is 0 Å². The molecular formula is C16H26N8O9S. The van der Waals surface area contributed by atoms with Crippen molar-refractivity contribution in [3.63, 3.8) is 0 Å². The summed E-state index contributed by atoms with van der Waals surface area (Å²) >= 11 is 0. The third kappa shape index (κ3) is 6.95. The number of amides is 4. The summed E-state index contributed by atoms with van der Waals surface area (Å²) in [6.07, 6.45) is -0.0814. The quantitative estimate of drug-likeness (QED) is 0.204. The maximum absolute atomic E-state index is 12.4. The van der Waals surface area contributed by atoms with Crippen molar-refractivity contribution < 1.29 is 41.2 Å². The van der Waals surface area contributed by atoms with Crippen LogP contribution in [0.15, 0.2) is 0 Å². The van der Waals surface area contributed by atoms with E-state index in [1.54, 1.807) is 20.8 Å². The maximum atomic E-state index is 12.4. The van der Waals surface area contributed by atoms with Crippen molar-refractivity contribution in [2.45, 2.75) is 64.4 Å². The highest BCUT2D eigenvalue weighted by Crippen LogP contribution is 2.30. The number of hydroxylamine groups is 3. The fraction of sp³-hybridized carbons (Fsp3) is 0.750. The Hall–Kier alpha value is -3.09. The number of piperidine rings is 1. The molecule has 2 bridgehead atoms. The molecule has 0 radical (unpaired) electrons. The number of hydrogen-bond donors (Lipinski definition) is 3.